The molecule has 1 N–H and O–H groups in total. The zero-order valence-electron chi connectivity index (χ0n) is 14.4. The van der Waals surface area contributed by atoms with Crippen molar-refractivity contribution >= 4 is 23.1 Å². The Morgan fingerprint density at radius 3 is 2.46 bits per heavy atom. The van der Waals surface area contributed by atoms with E-state index in [1.54, 1.807) is 29.2 Å². The van der Waals surface area contributed by atoms with Crippen molar-refractivity contribution in [2.75, 3.05) is 0 Å². The number of hydrogen-bond acceptors (Lipinski definition) is 2. The fourth-order valence-electron chi connectivity index (χ4n) is 3.14. The molecule has 2 aromatic carbocycles. The number of Topliss-reactive ketones (excluding diaryl/α,β-unsaturated/α-hetero) is 1. The molecule has 0 spiro atoms. The van der Waals surface area contributed by atoms with Gasteiger partial charge in [-0.15, -0.1) is 0 Å². The topological polar surface area (TPSA) is 32.3 Å². The summed E-state index contributed by atoms with van der Waals surface area (Å²) >= 11 is 5.48. The molecule has 1 heterocycles. The molecular weight excluding hydrogens is 354 g/mol. The minimum absolute atomic E-state index is 0.115. The van der Waals surface area contributed by atoms with Crippen molar-refractivity contribution < 1.29 is 13.6 Å². The number of allylic oxidation sites excluding steroid dienone is 1. The molecule has 1 aliphatic rings. The zero-order valence-corrected chi connectivity index (χ0v) is 15.2. The lowest BCUT2D eigenvalue weighted by molar-refractivity contribution is -0.114. The monoisotopic (exact) mass is 372 g/mol. The third-order valence-electron chi connectivity index (χ3n) is 4.41. The van der Waals surface area contributed by atoms with Gasteiger partial charge in [-0.05, 0) is 61.5 Å². The predicted octanol–water partition coefficient (Wildman–Crippen LogP) is 4.26. The molecule has 0 radical (unpaired) electrons. The molecule has 3 rings (SSSR count). The Morgan fingerprint density at radius 1 is 1.15 bits per heavy atom. The van der Waals surface area contributed by atoms with E-state index < -0.39 is 6.04 Å². The molecule has 0 fully saturated rings. The van der Waals surface area contributed by atoms with Crippen LogP contribution in [-0.2, 0) is 11.3 Å². The molecule has 1 aliphatic heterocycles. The number of nitrogens with one attached hydrogen (secondary N) is 1. The molecule has 1 atom stereocenters. The van der Waals surface area contributed by atoms with E-state index in [-0.39, 0.29) is 17.4 Å². The first-order valence-corrected chi connectivity index (χ1v) is 8.57. The van der Waals surface area contributed by atoms with E-state index >= 15 is 0 Å². The van der Waals surface area contributed by atoms with Gasteiger partial charge in [-0.2, -0.15) is 0 Å². The summed E-state index contributed by atoms with van der Waals surface area (Å²) in [6.07, 6.45) is 0. The lowest BCUT2D eigenvalue weighted by Crippen LogP contribution is -2.47. The molecule has 1 unspecified atom stereocenters. The van der Waals surface area contributed by atoms with Crippen LogP contribution in [0.15, 0.2) is 59.8 Å². The molecule has 0 aromatic heterocycles. The summed E-state index contributed by atoms with van der Waals surface area (Å²) in [5.74, 6) is -0.795. The van der Waals surface area contributed by atoms with Crippen LogP contribution < -0.4 is 5.32 Å². The molecule has 0 saturated carbocycles. The molecule has 0 amide bonds. The minimum atomic E-state index is -0.500. The number of ketones is 1. The highest BCUT2D eigenvalue weighted by molar-refractivity contribution is 7.80. The minimum Gasteiger partial charge on any atom is -0.351 e. The van der Waals surface area contributed by atoms with Crippen molar-refractivity contribution in [2.45, 2.75) is 26.4 Å². The van der Waals surface area contributed by atoms with Gasteiger partial charge in [-0.25, -0.2) is 8.78 Å². The first-order valence-electron chi connectivity index (χ1n) is 8.16. The lowest BCUT2D eigenvalue weighted by atomic mass is 9.92. The lowest BCUT2D eigenvalue weighted by Gasteiger charge is -2.37. The number of benzene rings is 2. The quantitative estimate of drug-likeness (QED) is 0.813. The van der Waals surface area contributed by atoms with E-state index in [1.165, 1.54) is 31.2 Å². The van der Waals surface area contributed by atoms with E-state index in [2.05, 4.69) is 5.32 Å². The van der Waals surface area contributed by atoms with Crippen LogP contribution in [0.5, 0.6) is 0 Å². The summed E-state index contributed by atoms with van der Waals surface area (Å²) in [6.45, 7) is 3.71. The van der Waals surface area contributed by atoms with Gasteiger partial charge in [-0.3, -0.25) is 4.79 Å². The average molecular weight is 372 g/mol. The van der Waals surface area contributed by atoms with Crippen LogP contribution >= 0.6 is 12.2 Å². The second-order valence-electron chi connectivity index (χ2n) is 6.21. The van der Waals surface area contributed by atoms with Crippen LogP contribution in [0.25, 0.3) is 0 Å². The number of thiocarbonyl (C=S) groups is 1. The summed E-state index contributed by atoms with van der Waals surface area (Å²) in [6, 6.07) is 11.7. The van der Waals surface area contributed by atoms with Gasteiger partial charge in [0.05, 0.1) is 6.04 Å². The van der Waals surface area contributed by atoms with Gasteiger partial charge in [0, 0.05) is 17.8 Å². The molecule has 134 valence electrons. The van der Waals surface area contributed by atoms with Gasteiger partial charge in [0.15, 0.2) is 10.9 Å². The molecule has 3 nitrogen and oxygen atoms in total. The third-order valence-corrected chi connectivity index (χ3v) is 4.75. The van der Waals surface area contributed by atoms with Gasteiger partial charge in [0.1, 0.15) is 11.6 Å². The zero-order chi connectivity index (χ0) is 18.8. The maximum Gasteiger partial charge on any atom is 0.174 e. The SMILES string of the molecule is CC(=O)C1=C(C)N(Cc2ccc(F)cc2)C(=S)NC1c1cccc(F)c1. The van der Waals surface area contributed by atoms with Crippen molar-refractivity contribution in [2.24, 2.45) is 0 Å². The van der Waals surface area contributed by atoms with Crippen LogP contribution in [0.3, 0.4) is 0 Å². The highest BCUT2D eigenvalue weighted by Crippen LogP contribution is 2.32. The van der Waals surface area contributed by atoms with Gasteiger partial charge in [-0.1, -0.05) is 24.3 Å². The van der Waals surface area contributed by atoms with Crippen molar-refractivity contribution in [3.63, 3.8) is 0 Å². The summed E-state index contributed by atoms with van der Waals surface area (Å²) in [5, 5.41) is 3.58. The number of halogens is 2. The van der Waals surface area contributed by atoms with E-state index in [4.69, 9.17) is 12.2 Å². The Balaban J connectivity index is 1.99. The molecule has 2 aromatic rings. The van der Waals surface area contributed by atoms with Gasteiger partial charge < -0.3 is 10.2 Å². The Bertz CT molecular complexity index is 893. The van der Waals surface area contributed by atoms with E-state index in [1.807, 2.05) is 6.92 Å². The number of rotatable bonds is 4. The van der Waals surface area contributed by atoms with Gasteiger partial charge in [0.25, 0.3) is 0 Å². The Hall–Kier alpha value is -2.60. The van der Waals surface area contributed by atoms with Gasteiger partial charge in [0.2, 0.25) is 0 Å². The van der Waals surface area contributed by atoms with Crippen LogP contribution in [0.2, 0.25) is 0 Å². The van der Waals surface area contributed by atoms with Crippen LogP contribution in [0, 0.1) is 11.6 Å². The highest BCUT2D eigenvalue weighted by atomic mass is 32.1. The summed E-state index contributed by atoms with van der Waals surface area (Å²) in [5.41, 5.74) is 2.74. The smallest absolute Gasteiger partial charge is 0.174 e. The van der Waals surface area contributed by atoms with Crippen molar-refractivity contribution in [1.29, 1.82) is 0 Å². The maximum absolute atomic E-state index is 13.6. The van der Waals surface area contributed by atoms with E-state index in [0.717, 1.165) is 5.56 Å². The van der Waals surface area contributed by atoms with E-state index in [9.17, 15) is 13.6 Å². The molecule has 6 heteroatoms. The second kappa shape index (κ2) is 7.33. The normalized spacial score (nSPS) is 17.3. The predicted molar refractivity (Wildman–Crippen MR) is 100 cm³/mol. The van der Waals surface area contributed by atoms with Crippen molar-refractivity contribution in [3.8, 4) is 0 Å². The summed E-state index contributed by atoms with van der Waals surface area (Å²) < 4.78 is 26.8. The Morgan fingerprint density at radius 2 is 1.85 bits per heavy atom. The fourth-order valence-corrected chi connectivity index (χ4v) is 3.46. The Kier molecular flexibility index (Phi) is 5.13. The number of hydrogen-bond donors (Lipinski definition) is 1. The summed E-state index contributed by atoms with van der Waals surface area (Å²) in [4.78, 5) is 14.1. The fraction of sp³-hybridized carbons (Fsp3) is 0.200. The molecule has 0 aliphatic carbocycles. The molecule has 0 saturated heterocycles. The average Bonchev–Trinajstić information content (AvgIpc) is 2.59. The number of carbonyl (C=O) groups is 1. The second-order valence-corrected chi connectivity index (χ2v) is 6.59. The molecule has 26 heavy (non-hydrogen) atoms. The molecule has 0 bridgehead atoms. The number of nitrogens with zero attached hydrogens (tertiary/aromatic N) is 1. The van der Waals surface area contributed by atoms with Crippen LogP contribution in [0.1, 0.15) is 31.0 Å². The largest absolute Gasteiger partial charge is 0.351 e. The third kappa shape index (κ3) is 3.65. The first kappa shape index (κ1) is 18.2. The summed E-state index contributed by atoms with van der Waals surface area (Å²) in [7, 11) is 0. The van der Waals surface area contributed by atoms with Crippen LogP contribution in [-0.4, -0.2) is 15.8 Å². The van der Waals surface area contributed by atoms with Crippen molar-refractivity contribution in [1.82, 2.24) is 10.2 Å². The maximum atomic E-state index is 13.6. The Labute approximate surface area is 156 Å². The molecular formula is C20H18F2N2OS. The standard InChI is InChI=1S/C20H18F2N2OS/c1-12-18(13(2)25)19(15-4-3-5-17(22)10-15)23-20(26)24(12)11-14-6-8-16(21)9-7-14/h3-10,19H,11H2,1-2H3,(H,23,26). The van der Waals surface area contributed by atoms with Gasteiger partial charge >= 0.3 is 0 Å². The van der Waals surface area contributed by atoms with Crippen LogP contribution in [0.4, 0.5) is 8.78 Å². The van der Waals surface area contributed by atoms with E-state index in [0.29, 0.717) is 28.5 Å². The first-order chi connectivity index (χ1) is 12.4. The number of carbonyl (C=O) groups excluding carboxylic acids is 1. The highest BCUT2D eigenvalue weighted by Gasteiger charge is 2.32. The van der Waals surface area contributed by atoms with Crippen molar-refractivity contribution in [3.05, 3.63) is 82.6 Å².